The molecule has 0 aromatic carbocycles. The van der Waals surface area contributed by atoms with Gasteiger partial charge in [0, 0.05) is 0 Å². The monoisotopic (exact) mass is 280 g/mol. The van der Waals surface area contributed by atoms with Crippen LogP contribution < -0.4 is 0 Å². The first kappa shape index (κ1) is 17.3. The first-order valence-electron chi connectivity index (χ1n) is 8.16. The van der Waals surface area contributed by atoms with E-state index in [0.717, 1.165) is 12.8 Å². The molecule has 0 unspecified atom stereocenters. The van der Waals surface area contributed by atoms with Gasteiger partial charge in [-0.3, -0.25) is 4.79 Å². The zero-order chi connectivity index (χ0) is 15.3. The van der Waals surface area contributed by atoms with Gasteiger partial charge in [0.1, 0.15) is 0 Å². The fourth-order valence-corrected chi connectivity index (χ4v) is 2.99. The number of hydrogen-bond acceptors (Lipinski definition) is 2. The third-order valence-electron chi connectivity index (χ3n) is 4.46. The maximum absolute atomic E-state index is 12.3. The first-order valence-corrected chi connectivity index (χ1v) is 8.16. The van der Waals surface area contributed by atoms with Gasteiger partial charge in [0.05, 0.1) is 12.0 Å². The van der Waals surface area contributed by atoms with Crippen LogP contribution in [0.15, 0.2) is 11.6 Å². The van der Waals surface area contributed by atoms with E-state index in [1.54, 1.807) is 0 Å². The van der Waals surface area contributed by atoms with Crippen molar-refractivity contribution in [2.75, 3.05) is 0 Å². The summed E-state index contributed by atoms with van der Waals surface area (Å²) in [6.45, 7) is 12.7. The Labute approximate surface area is 125 Å². The molecule has 0 bridgehead atoms. The van der Waals surface area contributed by atoms with Crippen LogP contribution in [0, 0.1) is 17.3 Å². The Morgan fingerprint density at radius 1 is 1.25 bits per heavy atom. The molecule has 0 aromatic heterocycles. The van der Waals surface area contributed by atoms with Crippen molar-refractivity contribution in [1.29, 1.82) is 0 Å². The van der Waals surface area contributed by atoms with E-state index in [1.807, 2.05) is 6.92 Å². The zero-order valence-electron chi connectivity index (χ0n) is 14.2. The van der Waals surface area contributed by atoms with Crippen LogP contribution in [0.5, 0.6) is 0 Å². The van der Waals surface area contributed by atoms with E-state index in [9.17, 15) is 4.79 Å². The standard InChI is InChI=1S/C18H32O2/c1-7-8-9-10-11-14(4)20-17(19)16-15(12-13(2)3)18(16,5)6/h12,14-16H,7-11H2,1-6H3/t14-,15+,16-/m1/s1. The van der Waals surface area contributed by atoms with Gasteiger partial charge in [0.25, 0.3) is 0 Å². The Bertz CT molecular complexity index is 350. The summed E-state index contributed by atoms with van der Waals surface area (Å²) in [6, 6.07) is 0. The summed E-state index contributed by atoms with van der Waals surface area (Å²) in [5.74, 6) is 0.406. The molecule has 116 valence electrons. The molecule has 0 radical (unpaired) electrons. The number of carbonyl (C=O) groups is 1. The fourth-order valence-electron chi connectivity index (χ4n) is 2.99. The molecule has 1 saturated carbocycles. The molecule has 0 heterocycles. The number of esters is 1. The van der Waals surface area contributed by atoms with Gasteiger partial charge in [-0.2, -0.15) is 0 Å². The van der Waals surface area contributed by atoms with Crippen molar-refractivity contribution in [2.24, 2.45) is 17.3 Å². The summed E-state index contributed by atoms with van der Waals surface area (Å²) in [6.07, 6.45) is 8.20. The lowest BCUT2D eigenvalue weighted by Crippen LogP contribution is -2.18. The molecule has 0 aromatic rings. The molecule has 3 atom stereocenters. The van der Waals surface area contributed by atoms with Crippen molar-refractivity contribution < 1.29 is 9.53 Å². The zero-order valence-corrected chi connectivity index (χ0v) is 14.2. The van der Waals surface area contributed by atoms with Crippen LogP contribution in [0.1, 0.15) is 73.6 Å². The van der Waals surface area contributed by atoms with Crippen molar-refractivity contribution in [1.82, 2.24) is 0 Å². The third-order valence-corrected chi connectivity index (χ3v) is 4.46. The molecule has 20 heavy (non-hydrogen) atoms. The summed E-state index contributed by atoms with van der Waals surface area (Å²) in [7, 11) is 0. The van der Waals surface area contributed by atoms with E-state index >= 15 is 0 Å². The van der Waals surface area contributed by atoms with Crippen LogP contribution in [-0.4, -0.2) is 12.1 Å². The van der Waals surface area contributed by atoms with Crippen LogP contribution >= 0.6 is 0 Å². The third kappa shape index (κ3) is 4.64. The van der Waals surface area contributed by atoms with E-state index in [1.165, 1.54) is 24.8 Å². The maximum atomic E-state index is 12.3. The topological polar surface area (TPSA) is 26.3 Å². The number of unbranched alkanes of at least 4 members (excludes halogenated alkanes) is 3. The highest BCUT2D eigenvalue weighted by Crippen LogP contribution is 2.59. The second-order valence-electron chi connectivity index (χ2n) is 7.17. The molecule has 0 saturated heterocycles. The highest BCUT2D eigenvalue weighted by Gasteiger charge is 2.61. The Morgan fingerprint density at radius 3 is 2.45 bits per heavy atom. The predicted molar refractivity (Wildman–Crippen MR) is 84.5 cm³/mol. The van der Waals surface area contributed by atoms with E-state index in [0.29, 0.717) is 5.92 Å². The minimum atomic E-state index is 0.000455. The predicted octanol–water partition coefficient (Wildman–Crippen LogP) is 5.13. The van der Waals surface area contributed by atoms with Crippen LogP contribution in [0.25, 0.3) is 0 Å². The van der Waals surface area contributed by atoms with Crippen molar-refractivity contribution in [2.45, 2.75) is 79.8 Å². The molecule has 1 aliphatic rings. The lowest BCUT2D eigenvalue weighted by atomic mass is 10.1. The van der Waals surface area contributed by atoms with Gasteiger partial charge in [-0.25, -0.2) is 0 Å². The van der Waals surface area contributed by atoms with Gasteiger partial charge in [-0.15, -0.1) is 0 Å². The Hall–Kier alpha value is -0.790. The first-order chi connectivity index (χ1) is 9.30. The van der Waals surface area contributed by atoms with Crippen LogP contribution in [-0.2, 0) is 9.53 Å². The van der Waals surface area contributed by atoms with Gasteiger partial charge in [-0.05, 0) is 44.9 Å². The second-order valence-corrected chi connectivity index (χ2v) is 7.17. The second kappa shape index (κ2) is 7.28. The summed E-state index contributed by atoms with van der Waals surface area (Å²) in [4.78, 5) is 12.3. The molecule has 2 heteroatoms. The number of allylic oxidation sites excluding steroid dienone is 2. The molecule has 0 N–H and O–H groups in total. The summed E-state index contributed by atoms with van der Waals surface area (Å²) < 4.78 is 5.63. The maximum Gasteiger partial charge on any atom is 0.310 e. The summed E-state index contributed by atoms with van der Waals surface area (Å²) >= 11 is 0. The minimum Gasteiger partial charge on any atom is -0.462 e. The molecule has 0 spiro atoms. The smallest absolute Gasteiger partial charge is 0.310 e. The highest BCUT2D eigenvalue weighted by atomic mass is 16.5. The molecule has 0 aliphatic heterocycles. The lowest BCUT2D eigenvalue weighted by molar-refractivity contribution is -0.151. The Kier molecular flexibility index (Phi) is 6.29. The largest absolute Gasteiger partial charge is 0.462 e. The number of rotatable bonds is 8. The van der Waals surface area contributed by atoms with Crippen molar-refractivity contribution >= 4 is 5.97 Å². The molecule has 0 amide bonds. The number of hydrogen-bond donors (Lipinski definition) is 0. The molecule has 1 rings (SSSR count). The molecule has 1 aliphatic carbocycles. The van der Waals surface area contributed by atoms with Crippen molar-refractivity contribution in [3.05, 3.63) is 11.6 Å². The van der Waals surface area contributed by atoms with Gasteiger partial charge < -0.3 is 4.74 Å². The van der Waals surface area contributed by atoms with E-state index in [2.05, 4.69) is 40.7 Å². The molecular weight excluding hydrogens is 248 g/mol. The minimum absolute atomic E-state index is 0.000455. The summed E-state index contributed by atoms with van der Waals surface area (Å²) in [5, 5.41) is 0. The Balaban J connectivity index is 2.38. The van der Waals surface area contributed by atoms with Gasteiger partial charge in [-0.1, -0.05) is 51.7 Å². The van der Waals surface area contributed by atoms with Crippen LogP contribution in [0.2, 0.25) is 0 Å². The van der Waals surface area contributed by atoms with Crippen LogP contribution in [0.3, 0.4) is 0 Å². The van der Waals surface area contributed by atoms with Crippen LogP contribution in [0.4, 0.5) is 0 Å². The average Bonchev–Trinajstić information content (AvgIpc) is 2.85. The van der Waals surface area contributed by atoms with Gasteiger partial charge >= 0.3 is 5.97 Å². The van der Waals surface area contributed by atoms with E-state index in [4.69, 9.17) is 4.74 Å². The van der Waals surface area contributed by atoms with E-state index in [-0.39, 0.29) is 23.4 Å². The van der Waals surface area contributed by atoms with E-state index < -0.39 is 0 Å². The highest BCUT2D eigenvalue weighted by molar-refractivity contribution is 5.78. The fraction of sp³-hybridized carbons (Fsp3) is 0.833. The quantitative estimate of drug-likeness (QED) is 0.350. The SMILES string of the molecule is CCCCCC[C@@H](C)OC(=O)[C@H]1[C@H](C=C(C)C)C1(C)C. The van der Waals surface area contributed by atoms with Crippen molar-refractivity contribution in [3.8, 4) is 0 Å². The number of ether oxygens (including phenoxy) is 1. The normalized spacial score (nSPS) is 24.9. The average molecular weight is 280 g/mol. The summed E-state index contributed by atoms with van der Waals surface area (Å²) in [5.41, 5.74) is 1.35. The molecule has 2 nitrogen and oxygen atoms in total. The lowest BCUT2D eigenvalue weighted by Gasteiger charge is -2.13. The Morgan fingerprint density at radius 2 is 1.90 bits per heavy atom. The van der Waals surface area contributed by atoms with Crippen molar-refractivity contribution in [3.63, 3.8) is 0 Å². The van der Waals surface area contributed by atoms with Gasteiger partial charge in [0.15, 0.2) is 0 Å². The van der Waals surface area contributed by atoms with Gasteiger partial charge in [0.2, 0.25) is 0 Å². The molecular formula is C18H32O2. The number of carbonyl (C=O) groups excluding carboxylic acids is 1. The molecule has 1 fully saturated rings.